The molecule has 37 heavy (non-hydrogen) atoms. The minimum Gasteiger partial charge on any atom is -0.748 e. The van der Waals surface area contributed by atoms with E-state index in [1.54, 1.807) is 28.3 Å². The van der Waals surface area contributed by atoms with Gasteiger partial charge in [-0.1, -0.05) is 0 Å². The number of aliphatic hydroxyl groups excluding tert-OH is 2. The van der Waals surface area contributed by atoms with Crippen molar-refractivity contribution in [2.45, 2.75) is 70.2 Å². The van der Waals surface area contributed by atoms with Gasteiger partial charge in [0.15, 0.2) is 0 Å². The summed E-state index contributed by atoms with van der Waals surface area (Å²) in [6, 6.07) is 0.711. The Labute approximate surface area is 250 Å². The second kappa shape index (κ2) is 16.8. The Kier molecular flexibility index (Phi) is 17.2. The fraction of sp³-hybridized carbons (Fsp3) is 0.955. The maximum absolute atomic E-state index is 12.7. The van der Waals surface area contributed by atoms with Crippen molar-refractivity contribution in [2.75, 3.05) is 51.7 Å². The van der Waals surface area contributed by atoms with Crippen molar-refractivity contribution in [1.82, 2.24) is 10.6 Å². The maximum atomic E-state index is 12.7. The first-order valence-electron chi connectivity index (χ1n) is 12.2. The Morgan fingerprint density at radius 2 is 1.76 bits per heavy atom. The van der Waals surface area contributed by atoms with Gasteiger partial charge in [-0.25, -0.2) is 8.42 Å². The smallest absolute Gasteiger partial charge is 0.748 e. The summed E-state index contributed by atoms with van der Waals surface area (Å²) in [4.78, 5) is 12.7. The number of rotatable bonds is 17. The van der Waals surface area contributed by atoms with Gasteiger partial charge in [-0.3, -0.25) is 4.79 Å². The van der Waals surface area contributed by atoms with E-state index in [0.717, 1.165) is 19.3 Å². The molecule has 11 nitrogen and oxygen atoms in total. The first kappa shape index (κ1) is 37.7. The SMILES string of the molecule is CO[Si](CCC1CCC(NCCSCC(C)(CO)C(=O)NC(C)(C)CS(=O)(=O)[O-])C(O)C1)(OC)OC.[Na+]. The minimum atomic E-state index is -4.51. The second-order valence-electron chi connectivity index (χ2n) is 10.5. The van der Waals surface area contributed by atoms with Crippen molar-refractivity contribution in [3.8, 4) is 0 Å². The summed E-state index contributed by atoms with van der Waals surface area (Å²) in [6.45, 7) is 4.74. The third-order valence-corrected chi connectivity index (χ3v) is 11.9. The van der Waals surface area contributed by atoms with Crippen LogP contribution in [0.2, 0.25) is 6.04 Å². The van der Waals surface area contributed by atoms with Crippen LogP contribution >= 0.6 is 11.8 Å². The first-order valence-corrected chi connectivity index (χ1v) is 16.8. The van der Waals surface area contributed by atoms with Gasteiger partial charge in [-0.15, -0.1) is 0 Å². The second-order valence-corrected chi connectivity index (χ2v) is 16.1. The van der Waals surface area contributed by atoms with E-state index in [4.69, 9.17) is 13.3 Å². The molecule has 4 unspecified atom stereocenters. The largest absolute Gasteiger partial charge is 1.00 e. The third kappa shape index (κ3) is 13.3. The minimum absolute atomic E-state index is 0. The van der Waals surface area contributed by atoms with Gasteiger partial charge in [0, 0.05) is 57.0 Å². The molecule has 214 valence electrons. The zero-order chi connectivity index (χ0) is 27.6. The molecule has 1 amide bonds. The van der Waals surface area contributed by atoms with Crippen molar-refractivity contribution >= 4 is 36.6 Å². The third-order valence-electron chi connectivity index (χ3n) is 6.68. The zero-order valence-electron chi connectivity index (χ0n) is 23.4. The van der Waals surface area contributed by atoms with Gasteiger partial charge in [0.2, 0.25) is 5.91 Å². The Morgan fingerprint density at radius 3 is 2.24 bits per heavy atom. The van der Waals surface area contributed by atoms with E-state index in [-0.39, 0.29) is 35.6 Å². The topological polar surface area (TPSA) is 166 Å². The first-order chi connectivity index (χ1) is 16.6. The summed E-state index contributed by atoms with van der Waals surface area (Å²) >= 11 is 1.48. The predicted molar refractivity (Wildman–Crippen MR) is 141 cm³/mol. The van der Waals surface area contributed by atoms with E-state index < -0.39 is 54.2 Å². The summed E-state index contributed by atoms with van der Waals surface area (Å²) in [5.74, 6) is 0.122. The predicted octanol–water partition coefficient (Wildman–Crippen LogP) is -2.45. The quantitative estimate of drug-likeness (QED) is 0.0800. The Bertz CT molecular complexity index is 782. The average Bonchev–Trinajstić information content (AvgIpc) is 2.79. The molecule has 0 bridgehead atoms. The summed E-state index contributed by atoms with van der Waals surface area (Å²) in [5, 5.41) is 26.4. The molecule has 0 spiro atoms. The van der Waals surface area contributed by atoms with Gasteiger partial charge in [0.1, 0.15) is 0 Å². The van der Waals surface area contributed by atoms with Crippen LogP contribution in [0.1, 0.15) is 46.5 Å². The van der Waals surface area contributed by atoms with Gasteiger partial charge >= 0.3 is 38.4 Å². The van der Waals surface area contributed by atoms with Crippen LogP contribution in [-0.4, -0.2) is 107 Å². The molecule has 0 aromatic carbocycles. The molecule has 1 rings (SSSR count). The van der Waals surface area contributed by atoms with E-state index in [1.807, 2.05) is 0 Å². The summed E-state index contributed by atoms with van der Waals surface area (Å²) in [6.07, 6.45) is 2.96. The number of carbonyl (C=O) groups excluding carboxylic acids is 1. The Balaban J connectivity index is 0.0000130. The molecular weight excluding hydrogens is 551 g/mol. The molecule has 4 N–H and O–H groups in total. The number of thioether (sulfide) groups is 1. The number of hydrogen-bond donors (Lipinski definition) is 4. The summed E-state index contributed by atoms with van der Waals surface area (Å²) in [7, 11) is -2.32. The van der Waals surface area contributed by atoms with Crippen LogP contribution in [0, 0.1) is 11.3 Å². The van der Waals surface area contributed by atoms with Crippen molar-refractivity contribution in [3.05, 3.63) is 0 Å². The fourth-order valence-corrected chi connectivity index (χ4v) is 8.31. The van der Waals surface area contributed by atoms with Crippen LogP contribution in [0.4, 0.5) is 0 Å². The zero-order valence-corrected chi connectivity index (χ0v) is 28.0. The van der Waals surface area contributed by atoms with Crippen LogP contribution in [0.25, 0.3) is 0 Å². The molecule has 1 saturated carbocycles. The van der Waals surface area contributed by atoms with Gasteiger partial charge in [0.05, 0.1) is 34.0 Å². The van der Waals surface area contributed by atoms with Crippen molar-refractivity contribution < 1.29 is 70.8 Å². The number of carbonyl (C=O) groups is 1. The molecular formula is C22H45N2NaO9S2Si. The van der Waals surface area contributed by atoms with Crippen molar-refractivity contribution in [2.24, 2.45) is 11.3 Å². The average molecular weight is 597 g/mol. The number of nitrogens with one attached hydrogen (secondary N) is 2. The standard InChI is InChI=1S/C22H46N2O9S2Si.Na/c1-21(2,16-35(28,29)30)24-20(27)22(3,14-25)15-34-11-10-23-18-8-7-17(13-19(18)26)9-12-36(31-4,32-5)33-6;/h17-19,23,25-26H,7-16H2,1-6H3,(H,24,27)(H,28,29,30);/q;+1/p-1. The summed E-state index contributed by atoms with van der Waals surface area (Å²) < 4.78 is 49.7. The molecule has 0 saturated heterocycles. The van der Waals surface area contributed by atoms with Gasteiger partial charge in [-0.05, 0) is 52.4 Å². The van der Waals surface area contributed by atoms with Crippen LogP contribution in [0.3, 0.4) is 0 Å². The molecule has 0 aliphatic heterocycles. The molecule has 0 aromatic rings. The molecule has 15 heteroatoms. The number of aliphatic hydroxyl groups is 2. The Hall–Kier alpha value is 0.707. The van der Waals surface area contributed by atoms with Crippen LogP contribution in [-0.2, 0) is 28.2 Å². The normalized spacial score (nSPS) is 22.7. The molecule has 1 aliphatic carbocycles. The van der Waals surface area contributed by atoms with Gasteiger partial charge in [0.25, 0.3) is 0 Å². The van der Waals surface area contributed by atoms with E-state index in [9.17, 15) is 28.0 Å². The van der Waals surface area contributed by atoms with Crippen LogP contribution in [0.5, 0.6) is 0 Å². The van der Waals surface area contributed by atoms with Crippen LogP contribution in [0.15, 0.2) is 0 Å². The Morgan fingerprint density at radius 1 is 1.16 bits per heavy atom. The number of amides is 1. The van der Waals surface area contributed by atoms with Crippen LogP contribution < -0.4 is 40.2 Å². The van der Waals surface area contributed by atoms with E-state index in [1.165, 1.54) is 25.6 Å². The van der Waals surface area contributed by atoms with E-state index in [0.29, 0.717) is 36.4 Å². The summed E-state index contributed by atoms with van der Waals surface area (Å²) in [5.41, 5.74) is -2.37. The van der Waals surface area contributed by atoms with Crippen molar-refractivity contribution in [3.63, 3.8) is 0 Å². The fourth-order valence-electron chi connectivity index (χ4n) is 4.40. The van der Waals surface area contributed by atoms with E-state index >= 15 is 0 Å². The number of hydrogen-bond acceptors (Lipinski definition) is 11. The van der Waals surface area contributed by atoms with Gasteiger partial charge < -0.3 is 38.7 Å². The molecule has 0 radical (unpaired) electrons. The molecule has 4 atom stereocenters. The molecule has 1 aliphatic rings. The van der Waals surface area contributed by atoms with Crippen molar-refractivity contribution in [1.29, 1.82) is 0 Å². The van der Waals surface area contributed by atoms with E-state index in [2.05, 4.69) is 10.6 Å². The molecule has 1 fully saturated rings. The monoisotopic (exact) mass is 596 g/mol. The maximum Gasteiger partial charge on any atom is 1.00 e. The van der Waals surface area contributed by atoms with Gasteiger partial charge in [-0.2, -0.15) is 11.8 Å². The molecule has 0 heterocycles. The molecule has 0 aromatic heterocycles.